The largest absolute Gasteiger partial charge is 0.478 e. The molecule has 0 spiro atoms. The van der Waals surface area contributed by atoms with Gasteiger partial charge in [0.25, 0.3) is 0 Å². The molecule has 4 rings (SSSR count). The van der Waals surface area contributed by atoms with Crippen LogP contribution in [0.4, 0.5) is 15.8 Å². The highest BCUT2D eigenvalue weighted by atomic mass is 19.1. The molecule has 1 aromatic rings. The fraction of sp³-hybridized carbons (Fsp3) is 0.500. The molecule has 6 heteroatoms. The van der Waals surface area contributed by atoms with E-state index in [2.05, 4.69) is 10.2 Å². The van der Waals surface area contributed by atoms with Crippen LogP contribution in [0, 0.1) is 11.7 Å². The maximum atomic E-state index is 13.7. The number of piperidine rings is 3. The van der Waals surface area contributed by atoms with Crippen molar-refractivity contribution in [1.82, 2.24) is 4.90 Å². The average Bonchev–Trinajstić information content (AvgIpc) is 2.43. The summed E-state index contributed by atoms with van der Waals surface area (Å²) in [6.07, 6.45) is 2.29. The van der Waals surface area contributed by atoms with Crippen molar-refractivity contribution in [2.45, 2.75) is 18.9 Å². The van der Waals surface area contributed by atoms with Gasteiger partial charge in [0.1, 0.15) is 5.82 Å². The third-order valence-electron chi connectivity index (χ3n) is 4.37. The second-order valence-electron chi connectivity index (χ2n) is 5.61. The lowest BCUT2D eigenvalue weighted by molar-refractivity contribution is 0.0692. The minimum Gasteiger partial charge on any atom is -0.478 e. The topological polar surface area (TPSA) is 78.6 Å². The molecule has 0 aromatic heterocycles. The Morgan fingerprint density at radius 2 is 2.10 bits per heavy atom. The van der Waals surface area contributed by atoms with Gasteiger partial charge in [-0.15, -0.1) is 0 Å². The Labute approximate surface area is 116 Å². The summed E-state index contributed by atoms with van der Waals surface area (Å²) < 4.78 is 13.7. The first-order chi connectivity index (χ1) is 9.54. The number of nitrogens with two attached hydrogens (primary N) is 1. The van der Waals surface area contributed by atoms with Gasteiger partial charge in [-0.2, -0.15) is 0 Å². The summed E-state index contributed by atoms with van der Waals surface area (Å²) in [5, 5.41) is 12.2. The molecular formula is C14H18FN3O2. The molecule has 0 amide bonds. The molecule has 0 aliphatic carbocycles. The minimum absolute atomic E-state index is 0.259. The van der Waals surface area contributed by atoms with Crippen LogP contribution in [0.1, 0.15) is 23.2 Å². The van der Waals surface area contributed by atoms with E-state index in [1.54, 1.807) is 0 Å². The number of carbonyl (C=O) groups is 1. The zero-order valence-electron chi connectivity index (χ0n) is 11.1. The van der Waals surface area contributed by atoms with Gasteiger partial charge in [-0.05, 0) is 44.0 Å². The molecule has 3 fully saturated rings. The highest BCUT2D eigenvalue weighted by Gasteiger charge is 2.34. The molecule has 108 valence electrons. The van der Waals surface area contributed by atoms with Crippen LogP contribution in [0.2, 0.25) is 0 Å². The van der Waals surface area contributed by atoms with Crippen LogP contribution in [0.25, 0.3) is 0 Å². The van der Waals surface area contributed by atoms with Crippen molar-refractivity contribution in [3.05, 3.63) is 23.5 Å². The molecule has 2 bridgehead atoms. The zero-order chi connectivity index (χ0) is 14.3. The molecule has 4 N–H and O–H groups in total. The Morgan fingerprint density at radius 1 is 1.40 bits per heavy atom. The van der Waals surface area contributed by atoms with Gasteiger partial charge in [-0.3, -0.25) is 0 Å². The molecule has 1 unspecified atom stereocenters. The summed E-state index contributed by atoms with van der Waals surface area (Å²) in [7, 11) is 0. The van der Waals surface area contributed by atoms with Crippen LogP contribution in [-0.4, -0.2) is 41.7 Å². The number of benzene rings is 1. The zero-order valence-corrected chi connectivity index (χ0v) is 11.1. The van der Waals surface area contributed by atoms with Crippen molar-refractivity contribution in [2.75, 3.05) is 30.7 Å². The number of hydrogen-bond acceptors (Lipinski definition) is 4. The molecule has 1 aromatic carbocycles. The Balaban J connectivity index is 1.81. The SMILES string of the molecule is Nc1cc(C(=O)O)c(F)cc1NC1CN2CCC1CC2. The maximum Gasteiger partial charge on any atom is 0.338 e. The van der Waals surface area contributed by atoms with Crippen LogP contribution in [0.15, 0.2) is 12.1 Å². The number of carboxylic acid groups (broad SMARTS) is 1. The van der Waals surface area contributed by atoms with Crippen LogP contribution in [-0.2, 0) is 0 Å². The fourth-order valence-electron chi connectivity index (χ4n) is 3.21. The predicted octanol–water partition coefficient (Wildman–Crippen LogP) is 1.61. The van der Waals surface area contributed by atoms with Gasteiger partial charge in [-0.25, -0.2) is 9.18 Å². The van der Waals surface area contributed by atoms with Crippen molar-refractivity contribution in [3.8, 4) is 0 Å². The lowest BCUT2D eigenvalue weighted by Gasteiger charge is -2.45. The molecule has 3 aliphatic rings. The summed E-state index contributed by atoms with van der Waals surface area (Å²) in [5.74, 6) is -1.47. The van der Waals surface area contributed by atoms with E-state index < -0.39 is 11.8 Å². The number of carboxylic acids is 1. The molecular weight excluding hydrogens is 261 g/mol. The van der Waals surface area contributed by atoms with Crippen LogP contribution in [0.3, 0.4) is 0 Å². The molecule has 1 atom stereocenters. The van der Waals surface area contributed by atoms with Gasteiger partial charge in [0.05, 0.1) is 16.9 Å². The Bertz CT molecular complexity index is 541. The highest BCUT2D eigenvalue weighted by molar-refractivity contribution is 5.90. The number of aromatic carboxylic acids is 1. The van der Waals surface area contributed by atoms with Crippen molar-refractivity contribution < 1.29 is 14.3 Å². The number of nitrogens with one attached hydrogen (secondary N) is 1. The van der Waals surface area contributed by atoms with E-state index in [0.717, 1.165) is 32.5 Å². The third-order valence-corrected chi connectivity index (χ3v) is 4.37. The molecule has 3 aliphatic heterocycles. The first-order valence-corrected chi connectivity index (χ1v) is 6.86. The van der Waals surface area contributed by atoms with E-state index in [0.29, 0.717) is 11.6 Å². The average molecular weight is 279 g/mol. The second-order valence-corrected chi connectivity index (χ2v) is 5.61. The van der Waals surface area contributed by atoms with Crippen LogP contribution >= 0.6 is 0 Å². The normalized spacial score (nSPS) is 28.4. The number of fused-ring (bicyclic) bond motifs is 3. The van der Waals surface area contributed by atoms with Gasteiger partial charge < -0.3 is 21.1 Å². The number of nitrogens with zero attached hydrogens (tertiary/aromatic N) is 1. The lowest BCUT2D eigenvalue weighted by atomic mass is 9.84. The van der Waals surface area contributed by atoms with Crippen molar-refractivity contribution in [2.24, 2.45) is 5.92 Å². The first kappa shape index (κ1) is 13.2. The number of rotatable bonds is 3. The van der Waals surface area contributed by atoms with Gasteiger partial charge in [0, 0.05) is 12.6 Å². The predicted molar refractivity (Wildman–Crippen MR) is 74.3 cm³/mol. The Kier molecular flexibility index (Phi) is 3.25. The Morgan fingerprint density at radius 3 is 2.65 bits per heavy atom. The minimum atomic E-state index is -1.30. The van der Waals surface area contributed by atoms with E-state index >= 15 is 0 Å². The lowest BCUT2D eigenvalue weighted by Crippen LogP contribution is -2.53. The Hall–Kier alpha value is -1.82. The monoisotopic (exact) mass is 279 g/mol. The van der Waals surface area contributed by atoms with Gasteiger partial charge in [-0.1, -0.05) is 0 Å². The summed E-state index contributed by atoms with van der Waals surface area (Å²) in [6, 6.07) is 2.63. The van der Waals surface area contributed by atoms with Crippen molar-refractivity contribution in [1.29, 1.82) is 0 Å². The molecule has 0 saturated carbocycles. The van der Waals surface area contributed by atoms with Gasteiger partial charge in [0.15, 0.2) is 0 Å². The smallest absolute Gasteiger partial charge is 0.338 e. The summed E-state index contributed by atoms with van der Waals surface area (Å²) >= 11 is 0. The molecule has 0 radical (unpaired) electrons. The fourth-order valence-corrected chi connectivity index (χ4v) is 3.21. The summed E-state index contributed by atoms with van der Waals surface area (Å²) in [5.41, 5.74) is 6.22. The number of halogens is 1. The van der Waals surface area contributed by atoms with E-state index in [1.807, 2.05) is 0 Å². The van der Waals surface area contributed by atoms with E-state index in [9.17, 15) is 9.18 Å². The highest BCUT2D eigenvalue weighted by Crippen LogP contribution is 2.32. The van der Waals surface area contributed by atoms with Crippen molar-refractivity contribution >= 4 is 17.3 Å². The first-order valence-electron chi connectivity index (χ1n) is 6.86. The molecule has 20 heavy (non-hydrogen) atoms. The standard InChI is InChI=1S/C14H18FN3O2/c15-10-6-12(11(16)5-9(10)14(19)20)17-13-7-18-3-1-8(13)2-4-18/h5-6,8,13,17H,1-4,7,16H2,(H,19,20). The summed E-state index contributed by atoms with van der Waals surface area (Å²) in [4.78, 5) is 13.2. The van der Waals surface area contributed by atoms with E-state index in [4.69, 9.17) is 10.8 Å². The molecule has 5 nitrogen and oxygen atoms in total. The molecule has 3 heterocycles. The second kappa shape index (κ2) is 4.94. The van der Waals surface area contributed by atoms with Gasteiger partial charge in [0.2, 0.25) is 0 Å². The number of hydrogen-bond donors (Lipinski definition) is 3. The van der Waals surface area contributed by atoms with E-state index in [1.165, 1.54) is 12.1 Å². The quantitative estimate of drug-likeness (QED) is 0.733. The van der Waals surface area contributed by atoms with Crippen LogP contribution < -0.4 is 11.1 Å². The third kappa shape index (κ3) is 2.31. The van der Waals surface area contributed by atoms with E-state index in [-0.39, 0.29) is 17.3 Å². The van der Waals surface area contributed by atoms with Crippen molar-refractivity contribution in [3.63, 3.8) is 0 Å². The molecule has 3 saturated heterocycles. The van der Waals surface area contributed by atoms with Gasteiger partial charge >= 0.3 is 5.97 Å². The number of anilines is 2. The summed E-state index contributed by atoms with van der Waals surface area (Å²) in [6.45, 7) is 3.20. The van der Waals surface area contributed by atoms with Crippen LogP contribution in [0.5, 0.6) is 0 Å². The number of nitrogen functional groups attached to an aromatic ring is 1. The maximum absolute atomic E-state index is 13.7.